The Morgan fingerprint density at radius 1 is 1.04 bits per heavy atom. The number of halogens is 2. The number of carbonyl (C=O) groups excluding carboxylic acids is 2. The van der Waals surface area contributed by atoms with E-state index in [4.69, 9.17) is 32.4 Å². The molecule has 5 nitrogen and oxygen atoms in total. The molecule has 0 spiro atoms. The van der Waals surface area contributed by atoms with Gasteiger partial charge in [0.05, 0.1) is 35.2 Å². The zero-order valence-corrected chi connectivity index (χ0v) is 15.1. The average molecular weight is 390 g/mol. The van der Waals surface area contributed by atoms with E-state index in [1.807, 2.05) is 0 Å². The number of hydrogen-bond donors (Lipinski definition) is 1. The lowest BCUT2D eigenvalue weighted by Crippen LogP contribution is -2.16. The second-order valence-electron chi connectivity index (χ2n) is 5.31. The van der Waals surface area contributed by atoms with Gasteiger partial charge in [-0.05, 0) is 48.5 Å². The SMILES string of the molecule is COC(=O)c1cc(-c2ccco2)ccc1NC(=O)c1ccc(Cl)cc1Cl. The van der Waals surface area contributed by atoms with Crippen molar-refractivity contribution in [2.45, 2.75) is 0 Å². The van der Waals surface area contributed by atoms with Crippen LogP contribution in [0.3, 0.4) is 0 Å². The van der Waals surface area contributed by atoms with Crippen molar-refractivity contribution >= 4 is 40.8 Å². The Morgan fingerprint density at radius 3 is 2.50 bits per heavy atom. The molecular formula is C19H13Cl2NO4. The molecule has 132 valence electrons. The van der Waals surface area contributed by atoms with Gasteiger partial charge in [0, 0.05) is 10.6 Å². The summed E-state index contributed by atoms with van der Waals surface area (Å²) in [5.41, 5.74) is 1.41. The van der Waals surface area contributed by atoms with Gasteiger partial charge in [0.25, 0.3) is 5.91 Å². The van der Waals surface area contributed by atoms with Gasteiger partial charge in [0.2, 0.25) is 0 Å². The minimum atomic E-state index is -0.587. The predicted octanol–water partition coefficient (Wildman–Crippen LogP) is 5.29. The van der Waals surface area contributed by atoms with E-state index >= 15 is 0 Å². The number of ether oxygens (including phenoxy) is 1. The number of anilines is 1. The minimum absolute atomic E-state index is 0.194. The molecule has 0 aliphatic heterocycles. The standard InChI is InChI=1S/C19H13Cl2NO4/c1-25-19(24)14-9-11(17-3-2-8-26-17)4-7-16(14)22-18(23)13-6-5-12(20)10-15(13)21/h2-10H,1H3,(H,22,23). The Labute approximate surface area is 159 Å². The minimum Gasteiger partial charge on any atom is -0.465 e. The lowest BCUT2D eigenvalue weighted by atomic mass is 10.1. The van der Waals surface area contributed by atoms with E-state index in [-0.39, 0.29) is 16.1 Å². The first-order chi connectivity index (χ1) is 12.5. The van der Waals surface area contributed by atoms with Crippen LogP contribution >= 0.6 is 23.2 Å². The Balaban J connectivity index is 1.96. The highest BCUT2D eigenvalue weighted by molar-refractivity contribution is 6.37. The van der Waals surface area contributed by atoms with Gasteiger partial charge >= 0.3 is 5.97 Å². The number of methoxy groups -OCH3 is 1. The molecule has 3 aromatic rings. The highest BCUT2D eigenvalue weighted by Crippen LogP contribution is 2.28. The van der Waals surface area contributed by atoms with Crippen LogP contribution in [0.2, 0.25) is 10.0 Å². The molecule has 26 heavy (non-hydrogen) atoms. The van der Waals surface area contributed by atoms with Crippen LogP contribution in [0.15, 0.2) is 59.2 Å². The van der Waals surface area contributed by atoms with Crippen LogP contribution in [0, 0.1) is 0 Å². The normalized spacial score (nSPS) is 10.4. The second kappa shape index (κ2) is 7.64. The number of amides is 1. The van der Waals surface area contributed by atoms with Crippen molar-refractivity contribution in [1.82, 2.24) is 0 Å². The first-order valence-electron chi connectivity index (χ1n) is 7.52. The highest BCUT2D eigenvalue weighted by Gasteiger charge is 2.18. The molecule has 7 heteroatoms. The lowest BCUT2D eigenvalue weighted by Gasteiger charge is -2.12. The summed E-state index contributed by atoms with van der Waals surface area (Å²) in [7, 11) is 1.27. The molecule has 2 aromatic carbocycles. The smallest absolute Gasteiger partial charge is 0.339 e. The van der Waals surface area contributed by atoms with Crippen LogP contribution in [0.5, 0.6) is 0 Å². The van der Waals surface area contributed by atoms with Crippen molar-refractivity contribution in [1.29, 1.82) is 0 Å². The third-order valence-corrected chi connectivity index (χ3v) is 4.20. The molecular weight excluding hydrogens is 377 g/mol. The summed E-state index contributed by atoms with van der Waals surface area (Å²) in [5, 5.41) is 3.31. The number of carbonyl (C=O) groups is 2. The van der Waals surface area contributed by atoms with Crippen molar-refractivity contribution < 1.29 is 18.7 Å². The Bertz CT molecular complexity index is 968. The topological polar surface area (TPSA) is 68.5 Å². The van der Waals surface area contributed by atoms with E-state index in [0.717, 1.165) is 0 Å². The molecule has 0 fully saturated rings. The Kier molecular flexibility index (Phi) is 5.30. The molecule has 0 atom stereocenters. The molecule has 1 amide bonds. The first-order valence-corrected chi connectivity index (χ1v) is 8.28. The molecule has 0 unspecified atom stereocenters. The van der Waals surface area contributed by atoms with E-state index in [1.54, 1.807) is 36.4 Å². The van der Waals surface area contributed by atoms with E-state index in [9.17, 15) is 9.59 Å². The van der Waals surface area contributed by atoms with Gasteiger partial charge in [0.1, 0.15) is 5.76 Å². The molecule has 0 bridgehead atoms. The number of esters is 1. The molecule has 1 heterocycles. The summed E-state index contributed by atoms with van der Waals surface area (Å²) >= 11 is 11.9. The predicted molar refractivity (Wildman–Crippen MR) is 99.9 cm³/mol. The maximum Gasteiger partial charge on any atom is 0.339 e. The number of hydrogen-bond acceptors (Lipinski definition) is 4. The molecule has 0 aliphatic rings. The summed E-state index contributed by atoms with van der Waals surface area (Å²) in [6, 6.07) is 13.0. The van der Waals surface area contributed by atoms with Crippen LogP contribution in [0.1, 0.15) is 20.7 Å². The Morgan fingerprint density at radius 2 is 1.85 bits per heavy atom. The highest BCUT2D eigenvalue weighted by atomic mass is 35.5. The summed E-state index contributed by atoms with van der Waals surface area (Å²) in [5.74, 6) is -0.466. The molecule has 1 aromatic heterocycles. The number of furan rings is 1. The zero-order chi connectivity index (χ0) is 18.7. The third kappa shape index (κ3) is 3.74. The monoisotopic (exact) mass is 389 g/mol. The van der Waals surface area contributed by atoms with Crippen LogP contribution < -0.4 is 5.32 Å². The summed E-state index contributed by atoms with van der Waals surface area (Å²) < 4.78 is 10.1. The van der Waals surface area contributed by atoms with E-state index in [1.165, 1.54) is 25.5 Å². The fourth-order valence-corrected chi connectivity index (χ4v) is 2.89. The van der Waals surface area contributed by atoms with E-state index < -0.39 is 11.9 Å². The fraction of sp³-hybridized carbons (Fsp3) is 0.0526. The van der Waals surface area contributed by atoms with Crippen molar-refractivity contribution in [3.63, 3.8) is 0 Å². The van der Waals surface area contributed by atoms with Crippen molar-refractivity contribution in [3.8, 4) is 11.3 Å². The maximum atomic E-state index is 12.5. The van der Waals surface area contributed by atoms with Gasteiger partial charge in [-0.15, -0.1) is 0 Å². The van der Waals surface area contributed by atoms with Gasteiger partial charge in [-0.25, -0.2) is 4.79 Å². The van der Waals surface area contributed by atoms with Gasteiger partial charge < -0.3 is 14.5 Å². The van der Waals surface area contributed by atoms with Crippen molar-refractivity contribution in [2.75, 3.05) is 12.4 Å². The van der Waals surface area contributed by atoms with Crippen LogP contribution in [-0.4, -0.2) is 19.0 Å². The van der Waals surface area contributed by atoms with Crippen LogP contribution in [-0.2, 0) is 4.74 Å². The van der Waals surface area contributed by atoms with Gasteiger partial charge in [-0.2, -0.15) is 0 Å². The van der Waals surface area contributed by atoms with E-state index in [2.05, 4.69) is 5.32 Å². The zero-order valence-electron chi connectivity index (χ0n) is 13.6. The number of rotatable bonds is 4. The fourth-order valence-electron chi connectivity index (χ4n) is 2.39. The summed E-state index contributed by atoms with van der Waals surface area (Å²) in [4.78, 5) is 24.7. The first kappa shape index (κ1) is 18.0. The number of nitrogens with one attached hydrogen (secondary N) is 1. The molecule has 0 saturated heterocycles. The van der Waals surface area contributed by atoms with E-state index in [0.29, 0.717) is 22.0 Å². The molecule has 0 saturated carbocycles. The molecule has 0 radical (unpaired) electrons. The second-order valence-corrected chi connectivity index (χ2v) is 6.15. The average Bonchev–Trinajstić information content (AvgIpc) is 3.16. The van der Waals surface area contributed by atoms with Gasteiger partial charge in [0.15, 0.2) is 0 Å². The van der Waals surface area contributed by atoms with Gasteiger partial charge in [-0.3, -0.25) is 4.79 Å². The molecule has 1 N–H and O–H groups in total. The van der Waals surface area contributed by atoms with Gasteiger partial charge in [-0.1, -0.05) is 23.2 Å². The lowest BCUT2D eigenvalue weighted by molar-refractivity contribution is 0.0602. The largest absolute Gasteiger partial charge is 0.465 e. The quantitative estimate of drug-likeness (QED) is 0.615. The van der Waals surface area contributed by atoms with Crippen LogP contribution in [0.4, 0.5) is 5.69 Å². The Hall–Kier alpha value is -2.76. The maximum absolute atomic E-state index is 12.5. The summed E-state index contributed by atoms with van der Waals surface area (Å²) in [6.07, 6.45) is 1.53. The van der Waals surface area contributed by atoms with Crippen molar-refractivity contribution in [2.24, 2.45) is 0 Å². The molecule has 0 aliphatic carbocycles. The third-order valence-electron chi connectivity index (χ3n) is 3.65. The summed E-state index contributed by atoms with van der Waals surface area (Å²) in [6.45, 7) is 0. The van der Waals surface area contributed by atoms with Crippen LogP contribution in [0.25, 0.3) is 11.3 Å². The number of benzene rings is 2. The molecule has 3 rings (SSSR count). The van der Waals surface area contributed by atoms with Crippen molar-refractivity contribution in [3.05, 3.63) is 76.0 Å².